The van der Waals surface area contributed by atoms with Crippen LogP contribution < -0.4 is 9.80 Å². The zero-order chi connectivity index (χ0) is 28.1. The monoisotopic (exact) mass is 544 g/mol. The number of hydrogen-bond donors (Lipinski definition) is 0. The number of benzene rings is 4. The highest BCUT2D eigenvalue weighted by Gasteiger charge is 2.65. The largest absolute Gasteiger partial charge is 0.451 e. The summed E-state index contributed by atoms with van der Waals surface area (Å²) >= 11 is 0. The van der Waals surface area contributed by atoms with Crippen molar-refractivity contribution < 1.29 is 23.5 Å². The predicted octanol–water partition coefficient (Wildman–Crippen LogP) is 5.55. The first kappa shape index (κ1) is 25.0. The highest BCUT2D eigenvalue weighted by molar-refractivity contribution is 6.24. The van der Waals surface area contributed by atoms with E-state index in [2.05, 4.69) is 0 Å². The summed E-state index contributed by atoms with van der Waals surface area (Å²) in [6, 6.07) is 30.4. The van der Waals surface area contributed by atoms with E-state index < -0.39 is 53.6 Å². The number of amides is 2. The molecule has 0 unspecified atom stereocenters. The maximum absolute atomic E-state index is 14.8. The standard InChI is InChI=1S/C34H25FN2O4/c35-24-16-8-10-18-26(24)37-32(38)28-27-20-19-21-11-7-9-17-25(21)36(27)30(29(28)33(37)39)34(40)41-31(22-12-3-1-4-13-22)23-14-5-2-6-15-23/h1-20,27-31H/t27-,28-,29-,30+/m0/s1. The normalized spacial score (nSPS) is 22.5. The molecule has 0 spiro atoms. The third-order valence-electron chi connectivity index (χ3n) is 8.19. The van der Waals surface area contributed by atoms with Crippen molar-refractivity contribution in [1.29, 1.82) is 0 Å². The maximum atomic E-state index is 14.8. The van der Waals surface area contributed by atoms with Gasteiger partial charge < -0.3 is 9.64 Å². The molecule has 4 atom stereocenters. The Bertz CT molecular complexity index is 1650. The van der Waals surface area contributed by atoms with Crippen LogP contribution in [0.4, 0.5) is 15.8 Å². The number of ether oxygens (including phenoxy) is 1. The molecule has 0 aromatic heterocycles. The first-order valence-electron chi connectivity index (χ1n) is 13.5. The molecule has 2 fully saturated rings. The van der Waals surface area contributed by atoms with Crippen LogP contribution in [-0.2, 0) is 19.1 Å². The van der Waals surface area contributed by atoms with Gasteiger partial charge in [-0.25, -0.2) is 14.1 Å². The Labute approximate surface area is 236 Å². The van der Waals surface area contributed by atoms with E-state index >= 15 is 0 Å². The van der Waals surface area contributed by atoms with Crippen LogP contribution in [0.2, 0.25) is 0 Å². The number of esters is 1. The summed E-state index contributed by atoms with van der Waals surface area (Å²) in [6.45, 7) is 0. The molecule has 7 heteroatoms. The van der Waals surface area contributed by atoms with Gasteiger partial charge in [0.1, 0.15) is 11.9 Å². The molecule has 3 aliphatic rings. The Morgan fingerprint density at radius 1 is 0.707 bits per heavy atom. The SMILES string of the molecule is O=C(OC(c1ccccc1)c1ccccc1)[C@H]1[C@H]2C(=O)N(c3ccccc3F)C(=O)[C@H]2[C@@H]2C=Cc3ccccc3N21. The molecule has 2 saturated heterocycles. The van der Waals surface area contributed by atoms with Crippen molar-refractivity contribution in [2.75, 3.05) is 9.80 Å². The zero-order valence-corrected chi connectivity index (χ0v) is 21.8. The highest BCUT2D eigenvalue weighted by Crippen LogP contribution is 2.50. The van der Waals surface area contributed by atoms with Crippen molar-refractivity contribution in [3.05, 3.63) is 138 Å². The number of halogens is 1. The van der Waals surface area contributed by atoms with Crippen molar-refractivity contribution in [3.63, 3.8) is 0 Å². The minimum atomic E-state index is -1.10. The Morgan fingerprint density at radius 2 is 1.27 bits per heavy atom. The summed E-state index contributed by atoms with van der Waals surface area (Å²) < 4.78 is 21.1. The average molecular weight is 545 g/mol. The number of carbonyl (C=O) groups excluding carboxylic acids is 3. The molecule has 0 bridgehead atoms. The summed E-state index contributed by atoms with van der Waals surface area (Å²) in [5.74, 6) is -4.37. The number of para-hydroxylation sites is 2. The van der Waals surface area contributed by atoms with E-state index in [0.29, 0.717) is 0 Å². The number of rotatable bonds is 5. The van der Waals surface area contributed by atoms with Crippen LogP contribution >= 0.6 is 0 Å². The van der Waals surface area contributed by atoms with Gasteiger partial charge in [-0.05, 0) is 34.9 Å². The summed E-state index contributed by atoms with van der Waals surface area (Å²) in [7, 11) is 0. The number of hydrogen-bond acceptors (Lipinski definition) is 5. The number of imide groups is 1. The minimum Gasteiger partial charge on any atom is -0.451 e. The summed E-state index contributed by atoms with van der Waals surface area (Å²) in [5.41, 5.74) is 3.06. The van der Waals surface area contributed by atoms with Crippen LogP contribution in [-0.4, -0.2) is 29.9 Å². The molecule has 2 amide bonds. The number of anilines is 2. The number of nitrogens with zero attached hydrogens (tertiary/aromatic N) is 2. The quantitative estimate of drug-likeness (QED) is 0.244. The van der Waals surface area contributed by atoms with Crippen LogP contribution in [0.15, 0.2) is 115 Å². The van der Waals surface area contributed by atoms with Gasteiger partial charge in [0, 0.05) is 5.69 Å². The molecule has 4 aromatic carbocycles. The minimum absolute atomic E-state index is 0.109. The Morgan fingerprint density at radius 3 is 1.93 bits per heavy atom. The van der Waals surface area contributed by atoms with Gasteiger partial charge in [0.25, 0.3) is 0 Å². The smallest absolute Gasteiger partial charge is 0.330 e. The fourth-order valence-corrected chi connectivity index (χ4v) is 6.42. The predicted molar refractivity (Wildman–Crippen MR) is 152 cm³/mol. The lowest BCUT2D eigenvalue weighted by atomic mass is 9.88. The highest BCUT2D eigenvalue weighted by atomic mass is 19.1. The summed E-state index contributed by atoms with van der Waals surface area (Å²) in [6.07, 6.45) is 3.03. The molecular weight excluding hydrogens is 519 g/mol. The third-order valence-corrected chi connectivity index (χ3v) is 8.19. The van der Waals surface area contributed by atoms with Crippen molar-refractivity contribution in [1.82, 2.24) is 0 Å². The second kappa shape index (κ2) is 9.86. The van der Waals surface area contributed by atoms with Crippen molar-refractivity contribution >= 4 is 35.2 Å². The second-order valence-electron chi connectivity index (χ2n) is 10.4. The van der Waals surface area contributed by atoms with E-state index in [1.165, 1.54) is 18.2 Å². The summed E-state index contributed by atoms with van der Waals surface area (Å²) in [5, 5.41) is 0. The molecule has 0 radical (unpaired) electrons. The topological polar surface area (TPSA) is 66.9 Å². The van der Waals surface area contributed by atoms with Crippen LogP contribution in [0.5, 0.6) is 0 Å². The lowest BCUT2D eigenvalue weighted by Crippen LogP contribution is -2.49. The third kappa shape index (κ3) is 3.96. The van der Waals surface area contributed by atoms with Gasteiger partial charge in [-0.3, -0.25) is 9.59 Å². The van der Waals surface area contributed by atoms with Crippen LogP contribution in [0.3, 0.4) is 0 Å². The fraction of sp³-hybridized carbons (Fsp3) is 0.147. The molecule has 41 heavy (non-hydrogen) atoms. The van der Waals surface area contributed by atoms with E-state index in [1.807, 2.05) is 102 Å². The van der Waals surface area contributed by atoms with Gasteiger partial charge in [-0.15, -0.1) is 0 Å². The van der Waals surface area contributed by atoms with Crippen molar-refractivity contribution in [2.24, 2.45) is 11.8 Å². The first-order chi connectivity index (χ1) is 20.0. The number of fused-ring (bicyclic) bond motifs is 5. The lowest BCUT2D eigenvalue weighted by Gasteiger charge is -2.36. The molecular formula is C34H25FN2O4. The molecule has 3 aliphatic heterocycles. The van der Waals surface area contributed by atoms with Crippen molar-refractivity contribution in [2.45, 2.75) is 18.2 Å². The van der Waals surface area contributed by atoms with Gasteiger partial charge in [0.2, 0.25) is 11.8 Å². The Kier molecular flexibility index (Phi) is 6.00. The fourth-order valence-electron chi connectivity index (χ4n) is 6.42. The van der Waals surface area contributed by atoms with E-state index in [4.69, 9.17) is 4.74 Å². The average Bonchev–Trinajstić information content (AvgIpc) is 3.49. The molecule has 202 valence electrons. The van der Waals surface area contributed by atoms with Crippen LogP contribution in [0.1, 0.15) is 22.8 Å². The molecule has 3 heterocycles. The zero-order valence-electron chi connectivity index (χ0n) is 21.8. The van der Waals surface area contributed by atoms with Gasteiger partial charge in [-0.1, -0.05) is 103 Å². The molecule has 7 rings (SSSR count). The van der Waals surface area contributed by atoms with Gasteiger partial charge in [-0.2, -0.15) is 0 Å². The molecule has 0 aliphatic carbocycles. The molecule has 0 saturated carbocycles. The maximum Gasteiger partial charge on any atom is 0.330 e. The van der Waals surface area contributed by atoms with E-state index in [9.17, 15) is 18.8 Å². The van der Waals surface area contributed by atoms with E-state index in [0.717, 1.165) is 27.3 Å². The van der Waals surface area contributed by atoms with Gasteiger partial charge in [0.05, 0.1) is 23.6 Å². The Balaban J connectivity index is 1.33. The van der Waals surface area contributed by atoms with Crippen LogP contribution in [0, 0.1) is 17.7 Å². The summed E-state index contributed by atoms with van der Waals surface area (Å²) in [4.78, 5) is 45.0. The lowest BCUT2D eigenvalue weighted by molar-refractivity contribution is -0.151. The van der Waals surface area contributed by atoms with Crippen LogP contribution in [0.25, 0.3) is 6.08 Å². The molecule has 0 N–H and O–H groups in total. The van der Waals surface area contributed by atoms with Gasteiger partial charge in [0.15, 0.2) is 6.10 Å². The Hall–Kier alpha value is -5.04. The second-order valence-corrected chi connectivity index (χ2v) is 10.4. The van der Waals surface area contributed by atoms with Crippen molar-refractivity contribution in [3.8, 4) is 0 Å². The number of carbonyl (C=O) groups is 3. The van der Waals surface area contributed by atoms with Gasteiger partial charge >= 0.3 is 5.97 Å². The van der Waals surface area contributed by atoms with E-state index in [1.54, 1.807) is 6.07 Å². The molecule has 4 aromatic rings. The molecule has 6 nitrogen and oxygen atoms in total. The first-order valence-corrected chi connectivity index (χ1v) is 13.5. The van der Waals surface area contributed by atoms with E-state index in [-0.39, 0.29) is 5.69 Å².